The van der Waals surface area contributed by atoms with Crippen LogP contribution in [0.1, 0.15) is 43.1 Å². The van der Waals surface area contributed by atoms with Gasteiger partial charge in [0, 0.05) is 32.4 Å². The highest BCUT2D eigenvalue weighted by Gasteiger charge is 2.22. The largest absolute Gasteiger partial charge is 0.340 e. The zero-order chi connectivity index (χ0) is 13.7. The van der Waals surface area contributed by atoms with E-state index in [0.717, 1.165) is 32.5 Å². The summed E-state index contributed by atoms with van der Waals surface area (Å²) in [7, 11) is 1.89. The summed E-state index contributed by atoms with van der Waals surface area (Å²) in [6.45, 7) is 4.77. The first-order valence-corrected chi connectivity index (χ1v) is 7.21. The fraction of sp³-hybridized carbons (Fsp3) is 0.714. The van der Waals surface area contributed by atoms with E-state index < -0.39 is 0 Å². The number of rotatable bonds is 5. The third-order valence-electron chi connectivity index (χ3n) is 3.56. The molecule has 2 heterocycles. The lowest BCUT2D eigenvalue weighted by Crippen LogP contribution is -2.46. The number of nitrogens with one attached hydrogen (secondary N) is 1. The highest BCUT2D eigenvalue weighted by molar-refractivity contribution is 5.92. The predicted octanol–water partition coefficient (Wildman–Crippen LogP) is 1.41. The topological polar surface area (TPSA) is 50.2 Å². The minimum absolute atomic E-state index is 0.0508. The van der Waals surface area contributed by atoms with E-state index in [1.807, 2.05) is 16.5 Å². The normalized spacial score (nSPS) is 19.4. The molecule has 106 valence electrons. The van der Waals surface area contributed by atoms with Crippen LogP contribution < -0.4 is 5.32 Å². The number of aryl methyl sites for hydroxylation is 1. The Balaban J connectivity index is 1.99. The Bertz CT molecular complexity index is 409. The van der Waals surface area contributed by atoms with Gasteiger partial charge in [-0.15, -0.1) is 0 Å². The van der Waals surface area contributed by atoms with Gasteiger partial charge in [0.1, 0.15) is 5.69 Å². The molecule has 0 saturated carbocycles. The Morgan fingerprint density at radius 3 is 3.00 bits per heavy atom. The summed E-state index contributed by atoms with van der Waals surface area (Å²) in [5, 5.41) is 3.50. The number of piperidine rings is 1. The molecule has 1 saturated heterocycles. The van der Waals surface area contributed by atoms with Gasteiger partial charge in [-0.1, -0.05) is 13.3 Å². The first kappa shape index (κ1) is 14.1. The van der Waals surface area contributed by atoms with E-state index in [2.05, 4.69) is 17.2 Å². The fourth-order valence-electron chi connectivity index (χ4n) is 2.58. The molecule has 1 N–H and O–H groups in total. The SMILES string of the molecule is CCCN(CC1CCCCN1)C(=O)c1cn(C)cn1. The average Bonchev–Trinajstić information content (AvgIpc) is 2.85. The average molecular weight is 264 g/mol. The monoisotopic (exact) mass is 264 g/mol. The molecule has 1 aromatic rings. The number of carbonyl (C=O) groups excluding carboxylic acids is 1. The second-order valence-electron chi connectivity index (χ2n) is 5.32. The maximum Gasteiger partial charge on any atom is 0.274 e. The van der Waals surface area contributed by atoms with Crippen LogP contribution in [0.5, 0.6) is 0 Å². The van der Waals surface area contributed by atoms with Crippen molar-refractivity contribution in [3.05, 3.63) is 18.2 Å². The number of hydrogen-bond donors (Lipinski definition) is 1. The first-order chi connectivity index (χ1) is 9.20. The minimum atomic E-state index is 0.0508. The molecule has 1 aliphatic heterocycles. The van der Waals surface area contributed by atoms with Crippen LogP contribution in [0.3, 0.4) is 0 Å². The van der Waals surface area contributed by atoms with Crippen LogP contribution in [-0.4, -0.2) is 46.0 Å². The zero-order valence-electron chi connectivity index (χ0n) is 11.9. The Morgan fingerprint density at radius 1 is 1.58 bits per heavy atom. The molecule has 19 heavy (non-hydrogen) atoms. The highest BCUT2D eigenvalue weighted by Crippen LogP contribution is 2.11. The van der Waals surface area contributed by atoms with Crippen molar-refractivity contribution in [2.24, 2.45) is 7.05 Å². The van der Waals surface area contributed by atoms with Crippen molar-refractivity contribution in [1.29, 1.82) is 0 Å². The van der Waals surface area contributed by atoms with Crippen LogP contribution in [-0.2, 0) is 7.05 Å². The lowest BCUT2D eigenvalue weighted by atomic mass is 10.0. The fourth-order valence-corrected chi connectivity index (χ4v) is 2.58. The summed E-state index contributed by atoms with van der Waals surface area (Å²) in [6.07, 6.45) is 8.12. The highest BCUT2D eigenvalue weighted by atomic mass is 16.2. The Kier molecular flexibility index (Phi) is 4.96. The molecular formula is C14H24N4O. The third-order valence-corrected chi connectivity index (χ3v) is 3.56. The van der Waals surface area contributed by atoms with Gasteiger partial charge in [0.05, 0.1) is 6.33 Å². The maximum absolute atomic E-state index is 12.4. The lowest BCUT2D eigenvalue weighted by molar-refractivity contribution is 0.0726. The Morgan fingerprint density at radius 2 is 2.42 bits per heavy atom. The summed E-state index contributed by atoms with van der Waals surface area (Å²) >= 11 is 0. The molecular weight excluding hydrogens is 240 g/mol. The molecule has 0 aliphatic carbocycles. The molecule has 1 unspecified atom stereocenters. The molecule has 0 bridgehead atoms. The van der Waals surface area contributed by atoms with Crippen molar-refractivity contribution in [2.75, 3.05) is 19.6 Å². The molecule has 1 atom stereocenters. The number of hydrogen-bond acceptors (Lipinski definition) is 3. The van der Waals surface area contributed by atoms with Crippen LogP contribution in [0.25, 0.3) is 0 Å². The van der Waals surface area contributed by atoms with Crippen LogP contribution >= 0.6 is 0 Å². The van der Waals surface area contributed by atoms with Crippen molar-refractivity contribution < 1.29 is 4.79 Å². The van der Waals surface area contributed by atoms with E-state index in [1.165, 1.54) is 12.8 Å². The zero-order valence-corrected chi connectivity index (χ0v) is 11.9. The van der Waals surface area contributed by atoms with Crippen LogP contribution in [0.4, 0.5) is 0 Å². The van der Waals surface area contributed by atoms with E-state index in [9.17, 15) is 4.79 Å². The van der Waals surface area contributed by atoms with Gasteiger partial charge >= 0.3 is 0 Å². The number of imidazole rings is 1. The van der Waals surface area contributed by atoms with Gasteiger partial charge in [-0.05, 0) is 25.8 Å². The number of amides is 1. The molecule has 0 spiro atoms. The van der Waals surface area contributed by atoms with Crippen molar-refractivity contribution in [2.45, 2.75) is 38.6 Å². The van der Waals surface area contributed by atoms with E-state index in [4.69, 9.17) is 0 Å². The second kappa shape index (κ2) is 6.70. The first-order valence-electron chi connectivity index (χ1n) is 7.21. The molecule has 2 rings (SSSR count). The maximum atomic E-state index is 12.4. The summed E-state index contributed by atoms with van der Waals surface area (Å²) in [5.74, 6) is 0.0508. The van der Waals surface area contributed by atoms with Crippen molar-refractivity contribution in [3.63, 3.8) is 0 Å². The lowest BCUT2D eigenvalue weighted by Gasteiger charge is -2.30. The molecule has 0 aromatic carbocycles. The third kappa shape index (κ3) is 3.80. The van der Waals surface area contributed by atoms with Gasteiger partial charge in [0.25, 0.3) is 5.91 Å². The van der Waals surface area contributed by atoms with Crippen LogP contribution in [0.15, 0.2) is 12.5 Å². The molecule has 1 amide bonds. The summed E-state index contributed by atoms with van der Waals surface area (Å²) in [5.41, 5.74) is 0.548. The molecule has 1 aromatic heterocycles. The minimum Gasteiger partial charge on any atom is -0.340 e. The quantitative estimate of drug-likeness (QED) is 0.875. The van der Waals surface area contributed by atoms with Gasteiger partial charge in [0.15, 0.2) is 0 Å². The van der Waals surface area contributed by atoms with E-state index >= 15 is 0 Å². The van der Waals surface area contributed by atoms with Crippen LogP contribution in [0.2, 0.25) is 0 Å². The van der Waals surface area contributed by atoms with E-state index in [-0.39, 0.29) is 5.91 Å². The smallest absolute Gasteiger partial charge is 0.274 e. The molecule has 5 nitrogen and oxygen atoms in total. The summed E-state index contributed by atoms with van der Waals surface area (Å²) in [6, 6.07) is 0.438. The van der Waals surface area contributed by atoms with Crippen molar-refractivity contribution in [3.8, 4) is 0 Å². The number of nitrogens with zero attached hydrogens (tertiary/aromatic N) is 3. The predicted molar refractivity (Wildman–Crippen MR) is 75.0 cm³/mol. The van der Waals surface area contributed by atoms with Gasteiger partial charge in [-0.2, -0.15) is 0 Å². The van der Waals surface area contributed by atoms with Gasteiger partial charge in [-0.25, -0.2) is 4.98 Å². The summed E-state index contributed by atoms with van der Waals surface area (Å²) in [4.78, 5) is 18.5. The van der Waals surface area contributed by atoms with Gasteiger partial charge in [0.2, 0.25) is 0 Å². The van der Waals surface area contributed by atoms with Crippen molar-refractivity contribution in [1.82, 2.24) is 19.8 Å². The standard InChI is InChI=1S/C14H24N4O/c1-3-8-18(9-12-6-4-5-7-15-12)14(19)13-10-17(2)11-16-13/h10-12,15H,3-9H2,1-2H3. The molecule has 5 heteroatoms. The van der Waals surface area contributed by atoms with Crippen LogP contribution in [0, 0.1) is 0 Å². The second-order valence-corrected chi connectivity index (χ2v) is 5.32. The molecule has 1 aliphatic rings. The Labute approximate surface area is 115 Å². The van der Waals surface area contributed by atoms with E-state index in [1.54, 1.807) is 12.5 Å². The number of aromatic nitrogens is 2. The van der Waals surface area contributed by atoms with E-state index in [0.29, 0.717) is 11.7 Å². The molecule has 0 radical (unpaired) electrons. The Hall–Kier alpha value is -1.36. The number of carbonyl (C=O) groups is 1. The summed E-state index contributed by atoms with van der Waals surface area (Å²) < 4.78 is 1.82. The van der Waals surface area contributed by atoms with Gasteiger partial charge < -0.3 is 14.8 Å². The van der Waals surface area contributed by atoms with Gasteiger partial charge in [-0.3, -0.25) is 4.79 Å². The van der Waals surface area contributed by atoms with Crippen molar-refractivity contribution >= 4 is 5.91 Å². The molecule has 1 fully saturated rings.